The summed E-state index contributed by atoms with van der Waals surface area (Å²) in [5, 5.41) is 12.1. The molecule has 1 fully saturated rings. The Morgan fingerprint density at radius 3 is 2.65 bits per heavy atom. The summed E-state index contributed by atoms with van der Waals surface area (Å²) in [5.74, 6) is 0.689. The molecule has 0 aliphatic heterocycles. The van der Waals surface area contributed by atoms with Crippen LogP contribution in [-0.4, -0.2) is 11.4 Å². The molecule has 1 aromatic rings. The monoisotopic (exact) mass is 232 g/mol. The number of carbonyl (C=O) groups is 1. The number of nitrogens with zero attached hydrogens (tertiary/aromatic N) is 1. The topological polar surface area (TPSA) is 66.0 Å². The molecule has 0 atom stereocenters. The summed E-state index contributed by atoms with van der Waals surface area (Å²) in [6, 6.07) is 5.63. The molecule has 1 aliphatic carbocycles. The smallest absolute Gasteiger partial charge is 0.288 e. The molecule has 2 rings (SSSR count). The largest absolute Gasteiger partial charge is 0.456 e. The van der Waals surface area contributed by atoms with E-state index in [1.165, 1.54) is 0 Å². The molecule has 0 radical (unpaired) electrons. The number of amides is 1. The van der Waals surface area contributed by atoms with Crippen LogP contribution in [0.5, 0.6) is 0 Å². The number of hydrogen-bond donors (Lipinski definition) is 1. The van der Waals surface area contributed by atoms with Crippen LogP contribution in [-0.2, 0) is 0 Å². The first-order chi connectivity index (χ1) is 8.15. The first-order valence-corrected chi connectivity index (χ1v) is 5.95. The Hall–Kier alpha value is -1.76. The highest BCUT2D eigenvalue weighted by Gasteiger charge is 2.34. The predicted octanol–water partition coefficient (Wildman–Crippen LogP) is 2.54. The lowest BCUT2D eigenvalue weighted by Gasteiger charge is -2.31. The molecule has 90 valence electrons. The van der Waals surface area contributed by atoms with Crippen molar-refractivity contribution in [1.82, 2.24) is 5.32 Å². The van der Waals surface area contributed by atoms with Gasteiger partial charge in [0.05, 0.1) is 6.07 Å². The summed E-state index contributed by atoms with van der Waals surface area (Å²) in [6.45, 7) is 1.79. The maximum Gasteiger partial charge on any atom is 0.288 e. The van der Waals surface area contributed by atoms with Crippen LogP contribution < -0.4 is 5.32 Å². The average Bonchev–Trinajstić information content (AvgIpc) is 2.77. The SMILES string of the molecule is Cc1ccc(C(=O)NC2(C#N)CCCCC2)o1. The number of aryl methyl sites for hydroxylation is 1. The van der Waals surface area contributed by atoms with Gasteiger partial charge in [0.25, 0.3) is 5.91 Å². The highest BCUT2D eigenvalue weighted by molar-refractivity contribution is 5.92. The third-order valence-corrected chi connectivity index (χ3v) is 3.24. The molecule has 0 saturated heterocycles. The Balaban J connectivity index is 2.09. The van der Waals surface area contributed by atoms with Crippen molar-refractivity contribution < 1.29 is 9.21 Å². The Bertz CT molecular complexity index is 450. The van der Waals surface area contributed by atoms with E-state index in [0.29, 0.717) is 5.76 Å². The molecule has 1 heterocycles. The van der Waals surface area contributed by atoms with Crippen LogP contribution in [0, 0.1) is 18.3 Å². The van der Waals surface area contributed by atoms with E-state index in [4.69, 9.17) is 4.42 Å². The Morgan fingerprint density at radius 1 is 1.41 bits per heavy atom. The van der Waals surface area contributed by atoms with Gasteiger partial charge in [-0.25, -0.2) is 0 Å². The molecule has 1 saturated carbocycles. The Labute approximate surface area is 101 Å². The Morgan fingerprint density at radius 2 is 2.12 bits per heavy atom. The van der Waals surface area contributed by atoms with Gasteiger partial charge in [0.15, 0.2) is 5.76 Å². The zero-order valence-electron chi connectivity index (χ0n) is 9.95. The molecule has 0 aromatic carbocycles. The molecule has 1 aromatic heterocycles. The van der Waals surface area contributed by atoms with Crippen molar-refractivity contribution >= 4 is 5.91 Å². The minimum Gasteiger partial charge on any atom is -0.456 e. The molecule has 0 bridgehead atoms. The van der Waals surface area contributed by atoms with Crippen molar-refractivity contribution in [3.63, 3.8) is 0 Å². The average molecular weight is 232 g/mol. The molecule has 0 spiro atoms. The molecule has 1 N–H and O–H groups in total. The highest BCUT2D eigenvalue weighted by Crippen LogP contribution is 2.27. The zero-order valence-corrected chi connectivity index (χ0v) is 9.95. The highest BCUT2D eigenvalue weighted by atomic mass is 16.3. The number of rotatable bonds is 2. The van der Waals surface area contributed by atoms with E-state index in [1.807, 2.05) is 0 Å². The molecule has 0 unspecified atom stereocenters. The van der Waals surface area contributed by atoms with E-state index >= 15 is 0 Å². The quantitative estimate of drug-likeness (QED) is 0.852. The number of furan rings is 1. The maximum absolute atomic E-state index is 11.9. The number of carbonyl (C=O) groups excluding carboxylic acids is 1. The van der Waals surface area contributed by atoms with Crippen molar-refractivity contribution in [2.24, 2.45) is 0 Å². The summed E-state index contributed by atoms with van der Waals surface area (Å²) in [5.41, 5.74) is -0.698. The molecule has 17 heavy (non-hydrogen) atoms. The van der Waals surface area contributed by atoms with Crippen LogP contribution in [0.15, 0.2) is 16.5 Å². The third-order valence-electron chi connectivity index (χ3n) is 3.24. The van der Waals surface area contributed by atoms with Crippen molar-refractivity contribution in [2.75, 3.05) is 0 Å². The van der Waals surface area contributed by atoms with Crippen molar-refractivity contribution in [3.05, 3.63) is 23.7 Å². The minimum atomic E-state index is -0.698. The minimum absolute atomic E-state index is 0.280. The third kappa shape index (κ3) is 2.50. The van der Waals surface area contributed by atoms with Gasteiger partial charge >= 0.3 is 0 Å². The standard InChI is InChI=1S/C13H16N2O2/c1-10-5-6-11(17-10)12(16)15-13(9-14)7-3-2-4-8-13/h5-6H,2-4,7-8H2,1H3,(H,15,16). The van der Waals surface area contributed by atoms with Gasteiger partial charge in [-0.3, -0.25) is 4.79 Å². The fraction of sp³-hybridized carbons (Fsp3) is 0.538. The van der Waals surface area contributed by atoms with E-state index in [-0.39, 0.29) is 11.7 Å². The molecule has 4 heteroatoms. The number of hydrogen-bond acceptors (Lipinski definition) is 3. The van der Waals surface area contributed by atoms with Gasteiger partial charge in [0.2, 0.25) is 0 Å². The zero-order chi connectivity index (χ0) is 12.3. The van der Waals surface area contributed by atoms with Gasteiger partial charge < -0.3 is 9.73 Å². The van der Waals surface area contributed by atoms with Crippen LogP contribution in [0.2, 0.25) is 0 Å². The van der Waals surface area contributed by atoms with Gasteiger partial charge in [-0.2, -0.15) is 5.26 Å². The Kier molecular flexibility index (Phi) is 3.19. The molecule has 4 nitrogen and oxygen atoms in total. The van der Waals surface area contributed by atoms with E-state index in [9.17, 15) is 10.1 Å². The van der Waals surface area contributed by atoms with Gasteiger partial charge in [0, 0.05) is 0 Å². The molecular weight excluding hydrogens is 216 g/mol. The lowest BCUT2D eigenvalue weighted by atomic mass is 9.83. The number of nitrogens with one attached hydrogen (secondary N) is 1. The van der Waals surface area contributed by atoms with Crippen molar-refractivity contribution in [1.29, 1.82) is 5.26 Å². The molecular formula is C13H16N2O2. The first-order valence-electron chi connectivity index (χ1n) is 5.95. The van der Waals surface area contributed by atoms with Gasteiger partial charge in [-0.05, 0) is 31.9 Å². The van der Waals surface area contributed by atoms with Gasteiger partial charge in [-0.15, -0.1) is 0 Å². The van der Waals surface area contributed by atoms with Crippen LogP contribution in [0.4, 0.5) is 0 Å². The fourth-order valence-electron chi connectivity index (χ4n) is 2.26. The normalized spacial score (nSPS) is 18.4. The molecule has 1 amide bonds. The second-order valence-corrected chi connectivity index (χ2v) is 4.62. The summed E-state index contributed by atoms with van der Waals surface area (Å²) in [7, 11) is 0. The van der Waals surface area contributed by atoms with E-state index in [2.05, 4.69) is 11.4 Å². The van der Waals surface area contributed by atoms with E-state index < -0.39 is 5.54 Å². The van der Waals surface area contributed by atoms with Gasteiger partial charge in [-0.1, -0.05) is 19.3 Å². The van der Waals surface area contributed by atoms with Crippen molar-refractivity contribution in [3.8, 4) is 6.07 Å². The summed E-state index contributed by atoms with van der Waals surface area (Å²) in [4.78, 5) is 11.9. The van der Waals surface area contributed by atoms with Crippen LogP contribution in [0.25, 0.3) is 0 Å². The van der Waals surface area contributed by atoms with Crippen LogP contribution in [0.1, 0.15) is 48.4 Å². The number of nitriles is 1. The lowest BCUT2D eigenvalue weighted by molar-refractivity contribution is 0.0873. The summed E-state index contributed by atoms with van der Waals surface area (Å²) < 4.78 is 5.25. The fourth-order valence-corrected chi connectivity index (χ4v) is 2.26. The second kappa shape index (κ2) is 4.62. The van der Waals surface area contributed by atoms with E-state index in [1.54, 1.807) is 19.1 Å². The predicted molar refractivity (Wildman–Crippen MR) is 62.3 cm³/mol. The lowest BCUT2D eigenvalue weighted by Crippen LogP contribution is -2.48. The van der Waals surface area contributed by atoms with Crippen LogP contribution in [0.3, 0.4) is 0 Å². The second-order valence-electron chi connectivity index (χ2n) is 4.62. The van der Waals surface area contributed by atoms with E-state index in [0.717, 1.165) is 32.1 Å². The maximum atomic E-state index is 11.9. The van der Waals surface area contributed by atoms with Crippen molar-refractivity contribution in [2.45, 2.75) is 44.6 Å². The van der Waals surface area contributed by atoms with Gasteiger partial charge in [0.1, 0.15) is 11.3 Å². The molecule has 1 aliphatic rings. The summed E-state index contributed by atoms with van der Waals surface area (Å²) >= 11 is 0. The summed E-state index contributed by atoms with van der Waals surface area (Å²) in [6.07, 6.45) is 4.58. The first kappa shape index (κ1) is 11.7. The van der Waals surface area contributed by atoms with Crippen LogP contribution >= 0.6 is 0 Å².